The summed E-state index contributed by atoms with van der Waals surface area (Å²) in [6, 6.07) is 10.2. The number of hydrogen-bond donors (Lipinski definition) is 2. The second-order valence-electron chi connectivity index (χ2n) is 6.85. The Balaban J connectivity index is 1.34. The Morgan fingerprint density at radius 3 is 2.93 bits per heavy atom. The second kappa shape index (κ2) is 8.08. The number of nitrogens with one attached hydrogen (secondary N) is 2. The fourth-order valence-corrected chi connectivity index (χ4v) is 3.37. The van der Waals surface area contributed by atoms with Crippen molar-refractivity contribution in [1.82, 2.24) is 25.1 Å². The summed E-state index contributed by atoms with van der Waals surface area (Å²) in [4.78, 5) is 32.8. The van der Waals surface area contributed by atoms with Crippen LogP contribution in [-0.2, 0) is 0 Å². The normalized spacial score (nSPS) is 16.7. The van der Waals surface area contributed by atoms with E-state index >= 15 is 0 Å². The highest BCUT2D eigenvalue weighted by Crippen LogP contribution is 2.21. The lowest BCUT2D eigenvalue weighted by molar-refractivity contribution is 0.0627. The lowest BCUT2D eigenvalue weighted by Crippen LogP contribution is -2.42. The third kappa shape index (κ3) is 4.11. The molecule has 0 radical (unpaired) electrons. The summed E-state index contributed by atoms with van der Waals surface area (Å²) in [6.07, 6.45) is 5.28. The number of H-pyrrole nitrogens is 2. The van der Waals surface area contributed by atoms with Crippen molar-refractivity contribution in [2.75, 3.05) is 19.7 Å². The first-order valence-electron chi connectivity index (χ1n) is 9.26. The first kappa shape index (κ1) is 18.0. The van der Waals surface area contributed by atoms with Gasteiger partial charge in [0, 0.05) is 31.3 Å². The number of carbonyl (C=O) groups is 1. The fourth-order valence-electron chi connectivity index (χ4n) is 3.37. The molecule has 28 heavy (non-hydrogen) atoms. The fraction of sp³-hybridized carbons (Fsp3) is 0.300. The van der Waals surface area contributed by atoms with Crippen LogP contribution in [0, 0.1) is 5.92 Å². The number of likely N-dealkylation sites (tertiary alicyclic amines) is 1. The van der Waals surface area contributed by atoms with Crippen molar-refractivity contribution in [3.05, 3.63) is 64.8 Å². The van der Waals surface area contributed by atoms with Crippen LogP contribution < -0.4 is 10.3 Å². The molecule has 8 heteroatoms. The Morgan fingerprint density at radius 2 is 2.18 bits per heavy atom. The molecule has 1 atom stereocenters. The molecule has 3 aromatic rings. The largest absolute Gasteiger partial charge is 0.492 e. The molecular weight excluding hydrogens is 358 g/mol. The van der Waals surface area contributed by atoms with E-state index in [0.717, 1.165) is 24.2 Å². The Morgan fingerprint density at radius 1 is 1.25 bits per heavy atom. The molecule has 0 aliphatic carbocycles. The van der Waals surface area contributed by atoms with Gasteiger partial charge in [-0.1, -0.05) is 6.07 Å². The quantitative estimate of drug-likeness (QED) is 0.706. The van der Waals surface area contributed by atoms with Crippen LogP contribution >= 0.6 is 0 Å². The average molecular weight is 379 g/mol. The maximum atomic E-state index is 12.6. The van der Waals surface area contributed by atoms with Gasteiger partial charge in [-0.05, 0) is 37.1 Å². The van der Waals surface area contributed by atoms with Crippen LogP contribution in [0.3, 0.4) is 0 Å². The third-order valence-electron chi connectivity index (χ3n) is 4.80. The molecule has 0 aromatic carbocycles. The van der Waals surface area contributed by atoms with Crippen LogP contribution in [0.15, 0.2) is 53.6 Å². The highest BCUT2D eigenvalue weighted by atomic mass is 16.5. The first-order chi connectivity index (χ1) is 13.7. The van der Waals surface area contributed by atoms with Crippen molar-refractivity contribution in [3.8, 4) is 17.1 Å². The highest BCUT2D eigenvalue weighted by molar-refractivity contribution is 5.92. The number of hydrogen-bond acceptors (Lipinski definition) is 5. The van der Waals surface area contributed by atoms with Gasteiger partial charge in [0.2, 0.25) is 5.56 Å². The topological polar surface area (TPSA) is 104 Å². The van der Waals surface area contributed by atoms with E-state index in [9.17, 15) is 9.59 Å². The number of rotatable bonds is 5. The number of aromatic nitrogens is 4. The summed E-state index contributed by atoms with van der Waals surface area (Å²) >= 11 is 0. The van der Waals surface area contributed by atoms with Crippen LogP contribution in [0.4, 0.5) is 0 Å². The molecule has 3 aromatic heterocycles. The SMILES string of the molecule is O=C(c1cccc(=O)[nH]1)N1CCC[C@@H](COc2ccc(-c3ccn[nH]3)nc2)C1. The van der Waals surface area contributed by atoms with Gasteiger partial charge in [-0.15, -0.1) is 0 Å². The Bertz CT molecular complexity index is 982. The Labute approximate surface area is 161 Å². The standard InChI is InChI=1S/C20H21N5O3/c26-19-5-1-4-18(23-19)20(27)25-10-2-3-14(12-25)13-28-15-6-7-16(21-11-15)17-8-9-22-24-17/h1,4-9,11,14H,2-3,10,12-13H2,(H,22,24)(H,23,26)/t14-/m1/s1. The van der Waals surface area contributed by atoms with Gasteiger partial charge in [-0.2, -0.15) is 5.10 Å². The van der Waals surface area contributed by atoms with E-state index in [-0.39, 0.29) is 17.4 Å². The molecule has 1 amide bonds. The zero-order valence-corrected chi connectivity index (χ0v) is 15.3. The van der Waals surface area contributed by atoms with Gasteiger partial charge in [-0.3, -0.25) is 19.7 Å². The van der Waals surface area contributed by atoms with E-state index in [4.69, 9.17) is 4.74 Å². The van der Waals surface area contributed by atoms with Crippen molar-refractivity contribution in [3.63, 3.8) is 0 Å². The van der Waals surface area contributed by atoms with E-state index in [1.165, 1.54) is 6.07 Å². The van der Waals surface area contributed by atoms with Gasteiger partial charge in [0.15, 0.2) is 0 Å². The first-order valence-corrected chi connectivity index (χ1v) is 9.26. The molecule has 1 aliphatic heterocycles. The van der Waals surface area contributed by atoms with Gasteiger partial charge in [-0.25, -0.2) is 0 Å². The van der Waals surface area contributed by atoms with Gasteiger partial charge in [0.1, 0.15) is 11.4 Å². The number of amides is 1. The van der Waals surface area contributed by atoms with Crippen molar-refractivity contribution in [2.24, 2.45) is 5.92 Å². The summed E-state index contributed by atoms with van der Waals surface area (Å²) in [5.41, 5.74) is 1.71. The van der Waals surface area contributed by atoms with Crippen LogP contribution in [0.5, 0.6) is 5.75 Å². The molecular formula is C20H21N5O3. The van der Waals surface area contributed by atoms with Gasteiger partial charge in [0.05, 0.1) is 24.2 Å². The van der Waals surface area contributed by atoms with E-state index in [2.05, 4.69) is 20.2 Å². The molecule has 144 valence electrons. The molecule has 2 N–H and O–H groups in total. The summed E-state index contributed by atoms with van der Waals surface area (Å²) < 4.78 is 5.89. The summed E-state index contributed by atoms with van der Waals surface area (Å²) in [6.45, 7) is 1.81. The van der Waals surface area contributed by atoms with Crippen molar-refractivity contribution in [2.45, 2.75) is 12.8 Å². The third-order valence-corrected chi connectivity index (χ3v) is 4.80. The molecule has 0 saturated carbocycles. The smallest absolute Gasteiger partial charge is 0.270 e. The number of ether oxygens (including phenoxy) is 1. The maximum absolute atomic E-state index is 12.6. The lowest BCUT2D eigenvalue weighted by Gasteiger charge is -2.32. The zero-order valence-electron chi connectivity index (χ0n) is 15.3. The summed E-state index contributed by atoms with van der Waals surface area (Å²) in [5, 5.41) is 6.79. The highest BCUT2D eigenvalue weighted by Gasteiger charge is 2.25. The lowest BCUT2D eigenvalue weighted by atomic mass is 9.98. The molecule has 8 nitrogen and oxygen atoms in total. The number of nitrogens with zero attached hydrogens (tertiary/aromatic N) is 3. The molecule has 1 fully saturated rings. The predicted octanol–water partition coefficient (Wildman–Crippen LogP) is 2.09. The van der Waals surface area contributed by atoms with E-state index < -0.39 is 0 Å². The predicted molar refractivity (Wildman–Crippen MR) is 103 cm³/mol. The average Bonchev–Trinajstić information content (AvgIpc) is 3.27. The summed E-state index contributed by atoms with van der Waals surface area (Å²) in [5.74, 6) is 0.785. The number of aromatic amines is 2. The van der Waals surface area contributed by atoms with E-state index in [1.807, 2.05) is 18.2 Å². The van der Waals surface area contributed by atoms with Crippen LogP contribution in [0.2, 0.25) is 0 Å². The molecule has 0 unspecified atom stereocenters. The second-order valence-corrected chi connectivity index (χ2v) is 6.85. The van der Waals surface area contributed by atoms with E-state index in [0.29, 0.717) is 31.1 Å². The van der Waals surface area contributed by atoms with Crippen molar-refractivity contribution < 1.29 is 9.53 Å². The minimum atomic E-state index is -0.270. The number of carbonyl (C=O) groups excluding carboxylic acids is 1. The van der Waals surface area contributed by atoms with Gasteiger partial charge >= 0.3 is 0 Å². The minimum absolute atomic E-state index is 0.145. The molecule has 1 aliphatic rings. The van der Waals surface area contributed by atoms with Gasteiger partial charge in [0.25, 0.3) is 5.91 Å². The number of piperidine rings is 1. The van der Waals surface area contributed by atoms with E-state index in [1.54, 1.807) is 29.4 Å². The van der Waals surface area contributed by atoms with Crippen molar-refractivity contribution in [1.29, 1.82) is 0 Å². The molecule has 4 heterocycles. The van der Waals surface area contributed by atoms with Crippen LogP contribution in [0.1, 0.15) is 23.3 Å². The number of pyridine rings is 2. The summed E-state index contributed by atoms with van der Waals surface area (Å²) in [7, 11) is 0. The minimum Gasteiger partial charge on any atom is -0.492 e. The van der Waals surface area contributed by atoms with Gasteiger partial charge < -0.3 is 14.6 Å². The molecule has 0 bridgehead atoms. The molecule has 0 spiro atoms. The monoisotopic (exact) mass is 379 g/mol. The van der Waals surface area contributed by atoms with Crippen molar-refractivity contribution >= 4 is 5.91 Å². The Kier molecular flexibility index (Phi) is 5.18. The molecule has 4 rings (SSSR count). The maximum Gasteiger partial charge on any atom is 0.270 e. The molecule has 1 saturated heterocycles. The van der Waals surface area contributed by atoms with Crippen LogP contribution in [0.25, 0.3) is 11.4 Å². The zero-order chi connectivity index (χ0) is 19.3. The Hall–Kier alpha value is -3.42. The van der Waals surface area contributed by atoms with Crippen LogP contribution in [-0.4, -0.2) is 50.7 Å².